The Hall–Kier alpha value is -1.70. The highest BCUT2D eigenvalue weighted by atomic mass is 35.5. The number of rotatable bonds is 9. The molecule has 2 aromatic rings. The van der Waals surface area contributed by atoms with Gasteiger partial charge in [-0.3, -0.25) is 9.36 Å². The predicted octanol–water partition coefficient (Wildman–Crippen LogP) is 0.208. The highest BCUT2D eigenvalue weighted by Crippen LogP contribution is 2.35. The van der Waals surface area contributed by atoms with E-state index in [-0.39, 0.29) is 5.28 Å². The van der Waals surface area contributed by atoms with Crippen LogP contribution in [0, 0.1) is 0 Å². The van der Waals surface area contributed by atoms with Crippen molar-refractivity contribution < 1.29 is 24.9 Å². The largest absolute Gasteiger partial charge is 0.480 e. The Morgan fingerprint density at radius 2 is 2.17 bits per heavy atom. The Kier molecular flexibility index (Phi) is 6.32. The number of carboxylic acid groups (broad SMARTS) is 1. The van der Waals surface area contributed by atoms with Crippen molar-refractivity contribution in [1.82, 2.24) is 19.5 Å². The number of halogens is 1. The van der Waals surface area contributed by atoms with Crippen LogP contribution in [0.1, 0.15) is 25.5 Å². The van der Waals surface area contributed by atoms with E-state index in [0.29, 0.717) is 41.0 Å². The number of hydrogen-bond acceptors (Lipinski definition) is 10. The number of aliphatic hydroxyl groups is 2. The number of nitrogens with one attached hydrogen (secondary N) is 1. The lowest BCUT2D eigenvalue weighted by Gasteiger charge is -2.16. The van der Waals surface area contributed by atoms with Crippen molar-refractivity contribution in [3.05, 3.63) is 11.6 Å². The molecular formula is C17H23ClN6O5S. The summed E-state index contributed by atoms with van der Waals surface area (Å²) in [6, 6.07) is -0.583. The van der Waals surface area contributed by atoms with E-state index < -0.39 is 36.6 Å². The van der Waals surface area contributed by atoms with Crippen molar-refractivity contribution in [2.24, 2.45) is 5.73 Å². The molecule has 5 atom stereocenters. The van der Waals surface area contributed by atoms with Crippen LogP contribution >= 0.6 is 23.4 Å². The number of aromatic nitrogens is 4. The van der Waals surface area contributed by atoms with E-state index in [9.17, 15) is 15.0 Å². The topological polar surface area (TPSA) is 169 Å². The van der Waals surface area contributed by atoms with Crippen LogP contribution in [0.5, 0.6) is 0 Å². The summed E-state index contributed by atoms with van der Waals surface area (Å²) in [6.45, 7) is 0. The summed E-state index contributed by atoms with van der Waals surface area (Å²) >= 11 is 7.48. The standard InChI is InChI=1S/C17H23ClN6O5S/c18-17-22-13(21-7-1-2-7)10-14(23-17)24(6-20-10)15-12(26)11(25)9(29-15)5-30-4-3-8(19)16(27)28/h6-9,11-12,15,25-26H,1-5,19H2,(H,27,28)(H,21,22,23)/t8?,9-,11-,12-,15-/m1/s1. The summed E-state index contributed by atoms with van der Waals surface area (Å²) in [7, 11) is 0. The van der Waals surface area contributed by atoms with Crippen molar-refractivity contribution in [1.29, 1.82) is 0 Å². The molecule has 1 aliphatic carbocycles. The fourth-order valence-corrected chi connectivity index (χ4v) is 4.49. The third kappa shape index (κ3) is 4.48. The molecule has 11 nitrogen and oxygen atoms in total. The van der Waals surface area contributed by atoms with Gasteiger partial charge in [-0.25, -0.2) is 4.98 Å². The number of fused-ring (bicyclic) bond motifs is 1. The summed E-state index contributed by atoms with van der Waals surface area (Å²) in [5, 5.41) is 33.1. The third-order valence-corrected chi connectivity index (χ3v) is 6.35. The lowest BCUT2D eigenvalue weighted by molar-refractivity contribution is -0.138. The Bertz CT molecular complexity index is 927. The number of ether oxygens (including phenoxy) is 1. The zero-order valence-corrected chi connectivity index (χ0v) is 17.5. The summed E-state index contributed by atoms with van der Waals surface area (Å²) < 4.78 is 7.44. The smallest absolute Gasteiger partial charge is 0.320 e. The highest BCUT2D eigenvalue weighted by Gasteiger charge is 2.44. The summed E-state index contributed by atoms with van der Waals surface area (Å²) in [5.74, 6) is 0.346. The number of anilines is 1. The van der Waals surface area contributed by atoms with Crippen LogP contribution in [0.2, 0.25) is 5.28 Å². The van der Waals surface area contributed by atoms with Crippen LogP contribution in [-0.4, -0.2) is 82.7 Å². The molecule has 13 heteroatoms. The molecule has 30 heavy (non-hydrogen) atoms. The first-order chi connectivity index (χ1) is 14.3. The van der Waals surface area contributed by atoms with Crippen LogP contribution in [-0.2, 0) is 9.53 Å². The Morgan fingerprint density at radius 1 is 1.40 bits per heavy atom. The molecule has 2 fully saturated rings. The second-order valence-corrected chi connectivity index (χ2v) is 8.93. The normalized spacial score (nSPS) is 27.5. The van der Waals surface area contributed by atoms with Crippen molar-refractivity contribution in [3.63, 3.8) is 0 Å². The second kappa shape index (κ2) is 8.81. The van der Waals surface area contributed by atoms with Gasteiger partial charge in [0.05, 0.1) is 12.4 Å². The van der Waals surface area contributed by atoms with Gasteiger partial charge in [0.25, 0.3) is 0 Å². The number of nitrogens with two attached hydrogens (primary N) is 1. The van der Waals surface area contributed by atoms with Crippen molar-refractivity contribution >= 4 is 46.3 Å². The number of nitrogens with zero attached hydrogens (tertiary/aromatic N) is 4. The predicted molar refractivity (Wildman–Crippen MR) is 110 cm³/mol. The van der Waals surface area contributed by atoms with Gasteiger partial charge in [-0.2, -0.15) is 21.7 Å². The third-order valence-electron chi connectivity index (χ3n) is 5.10. The quantitative estimate of drug-likeness (QED) is 0.257. The maximum Gasteiger partial charge on any atom is 0.320 e. The minimum absolute atomic E-state index is 0.0438. The van der Waals surface area contributed by atoms with Crippen molar-refractivity contribution in [2.75, 3.05) is 16.8 Å². The van der Waals surface area contributed by atoms with Gasteiger partial charge in [0.15, 0.2) is 23.2 Å². The molecule has 2 aliphatic rings. The molecule has 0 amide bonds. The Morgan fingerprint density at radius 3 is 2.87 bits per heavy atom. The van der Waals surface area contributed by atoms with Gasteiger partial charge >= 0.3 is 5.97 Å². The van der Waals surface area contributed by atoms with Gasteiger partial charge in [0.1, 0.15) is 18.2 Å². The molecule has 1 aliphatic heterocycles. The molecule has 3 heterocycles. The average molecular weight is 459 g/mol. The van der Waals surface area contributed by atoms with Gasteiger partial charge < -0.3 is 31.1 Å². The minimum Gasteiger partial charge on any atom is -0.480 e. The SMILES string of the molecule is NC(CCSC[C@H]1O[C@@H](n2cnc3c(NC4CC4)nc(Cl)nc32)[C@H](O)[C@@H]1O)C(=O)O. The molecule has 2 aromatic heterocycles. The van der Waals surface area contributed by atoms with E-state index in [1.807, 2.05) is 0 Å². The van der Waals surface area contributed by atoms with Gasteiger partial charge in [-0.1, -0.05) is 0 Å². The molecule has 0 radical (unpaired) electrons. The van der Waals surface area contributed by atoms with Gasteiger partial charge in [-0.15, -0.1) is 0 Å². The molecule has 6 N–H and O–H groups in total. The van der Waals surface area contributed by atoms with Crippen molar-refractivity contribution in [2.45, 2.75) is 55.9 Å². The molecule has 0 bridgehead atoms. The summed E-state index contributed by atoms with van der Waals surface area (Å²) in [4.78, 5) is 23.6. The van der Waals surface area contributed by atoms with E-state index in [1.165, 1.54) is 18.1 Å². The van der Waals surface area contributed by atoms with Gasteiger partial charge in [0.2, 0.25) is 5.28 Å². The van der Waals surface area contributed by atoms with Crippen LogP contribution in [0.25, 0.3) is 11.2 Å². The van der Waals surface area contributed by atoms with Crippen LogP contribution < -0.4 is 11.1 Å². The van der Waals surface area contributed by atoms with E-state index in [1.54, 1.807) is 4.57 Å². The zero-order valence-electron chi connectivity index (χ0n) is 15.9. The first-order valence-corrected chi connectivity index (χ1v) is 11.1. The molecule has 0 aromatic carbocycles. The van der Waals surface area contributed by atoms with Crippen LogP contribution in [0.15, 0.2) is 6.33 Å². The van der Waals surface area contributed by atoms with Gasteiger partial charge in [-0.05, 0) is 36.6 Å². The number of carbonyl (C=O) groups is 1. The molecular weight excluding hydrogens is 436 g/mol. The highest BCUT2D eigenvalue weighted by molar-refractivity contribution is 7.99. The van der Waals surface area contributed by atoms with E-state index >= 15 is 0 Å². The molecule has 1 saturated carbocycles. The number of hydrogen-bond donors (Lipinski definition) is 5. The molecule has 1 unspecified atom stereocenters. The lowest BCUT2D eigenvalue weighted by atomic mass is 10.1. The number of thioether (sulfide) groups is 1. The van der Waals surface area contributed by atoms with E-state index in [4.69, 9.17) is 27.2 Å². The first kappa shape index (κ1) is 21.5. The molecule has 1 saturated heterocycles. The molecule has 164 valence electrons. The molecule has 0 spiro atoms. The summed E-state index contributed by atoms with van der Waals surface area (Å²) in [5.41, 5.74) is 6.40. The maximum atomic E-state index is 10.8. The minimum atomic E-state index is -1.19. The average Bonchev–Trinajstić information content (AvgIpc) is 3.35. The van der Waals surface area contributed by atoms with Crippen LogP contribution in [0.4, 0.5) is 5.82 Å². The monoisotopic (exact) mass is 458 g/mol. The van der Waals surface area contributed by atoms with E-state index in [2.05, 4.69) is 20.3 Å². The van der Waals surface area contributed by atoms with Crippen LogP contribution in [0.3, 0.4) is 0 Å². The lowest BCUT2D eigenvalue weighted by Crippen LogP contribution is -2.33. The number of carboxylic acids is 1. The fourth-order valence-electron chi connectivity index (χ4n) is 3.23. The van der Waals surface area contributed by atoms with Gasteiger partial charge in [0, 0.05) is 11.8 Å². The fraction of sp³-hybridized carbons (Fsp3) is 0.647. The second-order valence-electron chi connectivity index (χ2n) is 7.44. The molecule has 4 rings (SSSR count). The summed E-state index contributed by atoms with van der Waals surface area (Å²) in [6.07, 6.45) is 0.0425. The maximum absolute atomic E-state index is 10.8. The number of aliphatic hydroxyl groups excluding tert-OH is 2. The Labute approximate surface area is 181 Å². The Balaban J connectivity index is 1.45. The van der Waals surface area contributed by atoms with E-state index in [0.717, 1.165) is 12.8 Å². The zero-order chi connectivity index (χ0) is 21.4. The van der Waals surface area contributed by atoms with Crippen molar-refractivity contribution in [3.8, 4) is 0 Å². The first-order valence-electron chi connectivity index (χ1n) is 9.59. The number of imidazole rings is 1. The number of aliphatic carboxylic acids is 1.